The van der Waals surface area contributed by atoms with Crippen molar-refractivity contribution in [3.05, 3.63) is 48.0 Å². The van der Waals surface area contributed by atoms with Gasteiger partial charge in [0.1, 0.15) is 0 Å². The number of rotatable bonds is 6. The Labute approximate surface area is 109 Å². The third-order valence-electron chi connectivity index (χ3n) is 3.15. The van der Waals surface area contributed by atoms with Gasteiger partial charge in [0, 0.05) is 24.0 Å². The molecule has 0 amide bonds. The first-order valence-electron chi connectivity index (χ1n) is 6.65. The summed E-state index contributed by atoms with van der Waals surface area (Å²) in [5.41, 5.74) is 9.34. The average molecular weight is 243 g/mol. The van der Waals surface area contributed by atoms with Crippen molar-refractivity contribution in [3.8, 4) is 5.69 Å². The fraction of sp³-hybridized carbons (Fsp3) is 0.400. The second-order valence-corrected chi connectivity index (χ2v) is 4.56. The van der Waals surface area contributed by atoms with Crippen LogP contribution in [0.25, 0.3) is 5.69 Å². The second kappa shape index (κ2) is 6.36. The Morgan fingerprint density at radius 2 is 1.94 bits per heavy atom. The molecule has 0 aliphatic rings. The van der Waals surface area contributed by atoms with E-state index in [1.807, 2.05) is 12.5 Å². The van der Waals surface area contributed by atoms with E-state index in [4.69, 9.17) is 5.73 Å². The number of benzene rings is 1. The van der Waals surface area contributed by atoms with Gasteiger partial charge in [-0.1, -0.05) is 25.5 Å². The Morgan fingerprint density at radius 1 is 1.17 bits per heavy atom. The van der Waals surface area contributed by atoms with E-state index in [0.717, 1.165) is 18.5 Å². The summed E-state index contributed by atoms with van der Waals surface area (Å²) in [4.78, 5) is 4.20. The predicted octanol–water partition coefficient (Wildman–Crippen LogP) is 2.72. The molecule has 0 spiro atoms. The molecular formula is C15H21N3. The SMILES string of the molecule is CCCCc1ccc(-n2cncc2CCN)cc1. The number of nitrogens with two attached hydrogens (primary N) is 1. The highest BCUT2D eigenvalue weighted by Gasteiger charge is 2.03. The van der Waals surface area contributed by atoms with Crippen molar-refractivity contribution in [2.24, 2.45) is 5.73 Å². The zero-order valence-electron chi connectivity index (χ0n) is 11.0. The van der Waals surface area contributed by atoms with Gasteiger partial charge < -0.3 is 10.3 Å². The van der Waals surface area contributed by atoms with Crippen LogP contribution >= 0.6 is 0 Å². The minimum Gasteiger partial charge on any atom is -0.330 e. The number of hydrogen-bond acceptors (Lipinski definition) is 2. The first-order chi connectivity index (χ1) is 8.85. The molecule has 0 fully saturated rings. The maximum absolute atomic E-state index is 5.60. The van der Waals surface area contributed by atoms with Crippen LogP contribution in [0.2, 0.25) is 0 Å². The molecule has 18 heavy (non-hydrogen) atoms. The van der Waals surface area contributed by atoms with Crippen molar-refractivity contribution in [1.29, 1.82) is 0 Å². The predicted molar refractivity (Wildman–Crippen MR) is 74.9 cm³/mol. The standard InChI is InChI=1S/C15H21N3/c1-2-3-4-13-5-7-14(8-6-13)18-12-17-11-15(18)9-10-16/h5-8,11-12H,2-4,9-10,16H2,1H3. The molecule has 0 aliphatic heterocycles. The minimum atomic E-state index is 0.653. The van der Waals surface area contributed by atoms with Gasteiger partial charge in [-0.3, -0.25) is 0 Å². The van der Waals surface area contributed by atoms with E-state index in [2.05, 4.69) is 40.7 Å². The third kappa shape index (κ3) is 2.99. The molecule has 0 unspecified atom stereocenters. The summed E-state index contributed by atoms with van der Waals surface area (Å²) in [6.45, 7) is 2.87. The molecule has 0 bridgehead atoms. The number of hydrogen-bond donors (Lipinski definition) is 1. The van der Waals surface area contributed by atoms with Gasteiger partial charge in [-0.15, -0.1) is 0 Å². The maximum atomic E-state index is 5.60. The van der Waals surface area contributed by atoms with Gasteiger partial charge in [0.25, 0.3) is 0 Å². The average Bonchev–Trinajstić information content (AvgIpc) is 2.86. The monoisotopic (exact) mass is 243 g/mol. The fourth-order valence-corrected chi connectivity index (χ4v) is 2.09. The molecule has 0 saturated carbocycles. The van der Waals surface area contributed by atoms with Gasteiger partial charge >= 0.3 is 0 Å². The highest BCUT2D eigenvalue weighted by atomic mass is 15.0. The summed E-state index contributed by atoms with van der Waals surface area (Å²) >= 11 is 0. The Balaban J connectivity index is 2.15. The molecule has 0 radical (unpaired) electrons. The Bertz CT molecular complexity index is 471. The van der Waals surface area contributed by atoms with Gasteiger partial charge in [-0.05, 0) is 37.1 Å². The van der Waals surface area contributed by atoms with E-state index >= 15 is 0 Å². The van der Waals surface area contributed by atoms with E-state index < -0.39 is 0 Å². The number of aromatic nitrogens is 2. The van der Waals surface area contributed by atoms with E-state index in [1.54, 1.807) is 0 Å². The van der Waals surface area contributed by atoms with Crippen molar-refractivity contribution in [3.63, 3.8) is 0 Å². The molecule has 3 heteroatoms. The largest absolute Gasteiger partial charge is 0.330 e. The van der Waals surface area contributed by atoms with Crippen molar-refractivity contribution < 1.29 is 0 Å². The lowest BCUT2D eigenvalue weighted by atomic mass is 10.1. The number of unbranched alkanes of at least 4 members (excludes halogenated alkanes) is 1. The van der Waals surface area contributed by atoms with Crippen molar-refractivity contribution in [2.75, 3.05) is 6.54 Å². The molecule has 0 saturated heterocycles. The molecule has 1 aromatic carbocycles. The van der Waals surface area contributed by atoms with Gasteiger partial charge in [-0.2, -0.15) is 0 Å². The van der Waals surface area contributed by atoms with Crippen LogP contribution in [-0.4, -0.2) is 16.1 Å². The summed E-state index contributed by atoms with van der Waals surface area (Å²) in [5.74, 6) is 0. The molecule has 1 aromatic heterocycles. The van der Waals surface area contributed by atoms with Crippen LogP contribution in [0, 0.1) is 0 Å². The second-order valence-electron chi connectivity index (χ2n) is 4.56. The number of aryl methyl sites for hydroxylation is 1. The Kier molecular flexibility index (Phi) is 4.53. The van der Waals surface area contributed by atoms with Crippen LogP contribution in [0.15, 0.2) is 36.8 Å². The summed E-state index contributed by atoms with van der Waals surface area (Å²) in [7, 11) is 0. The number of nitrogens with zero attached hydrogens (tertiary/aromatic N) is 2. The van der Waals surface area contributed by atoms with E-state index in [1.165, 1.54) is 24.1 Å². The van der Waals surface area contributed by atoms with Crippen LogP contribution < -0.4 is 5.73 Å². The molecule has 3 nitrogen and oxygen atoms in total. The first-order valence-corrected chi connectivity index (χ1v) is 6.65. The third-order valence-corrected chi connectivity index (χ3v) is 3.15. The van der Waals surface area contributed by atoms with Crippen LogP contribution in [0.3, 0.4) is 0 Å². The van der Waals surface area contributed by atoms with E-state index in [-0.39, 0.29) is 0 Å². The topological polar surface area (TPSA) is 43.8 Å². The van der Waals surface area contributed by atoms with Crippen molar-refractivity contribution >= 4 is 0 Å². The van der Waals surface area contributed by atoms with Crippen LogP contribution in [-0.2, 0) is 12.8 Å². The zero-order valence-corrected chi connectivity index (χ0v) is 11.0. The quantitative estimate of drug-likeness (QED) is 0.847. The normalized spacial score (nSPS) is 10.8. The molecule has 2 rings (SSSR count). The van der Waals surface area contributed by atoms with Crippen molar-refractivity contribution in [1.82, 2.24) is 9.55 Å². The van der Waals surface area contributed by atoms with E-state index in [0.29, 0.717) is 6.54 Å². The fourth-order valence-electron chi connectivity index (χ4n) is 2.09. The summed E-state index contributed by atoms with van der Waals surface area (Å²) in [6.07, 6.45) is 8.25. The van der Waals surface area contributed by atoms with Crippen LogP contribution in [0.4, 0.5) is 0 Å². The highest BCUT2D eigenvalue weighted by molar-refractivity contribution is 5.36. The van der Waals surface area contributed by atoms with Crippen molar-refractivity contribution in [2.45, 2.75) is 32.6 Å². The molecule has 2 aromatic rings. The maximum Gasteiger partial charge on any atom is 0.0994 e. The highest BCUT2D eigenvalue weighted by Crippen LogP contribution is 2.14. The van der Waals surface area contributed by atoms with Crippen LogP contribution in [0.5, 0.6) is 0 Å². The molecule has 96 valence electrons. The number of imidazole rings is 1. The molecule has 0 aliphatic carbocycles. The lowest BCUT2D eigenvalue weighted by Crippen LogP contribution is -2.07. The molecule has 1 heterocycles. The van der Waals surface area contributed by atoms with E-state index in [9.17, 15) is 0 Å². The smallest absolute Gasteiger partial charge is 0.0994 e. The van der Waals surface area contributed by atoms with Crippen LogP contribution in [0.1, 0.15) is 31.0 Å². The Hall–Kier alpha value is -1.61. The summed E-state index contributed by atoms with van der Waals surface area (Å²) in [5, 5.41) is 0. The molecule has 2 N–H and O–H groups in total. The summed E-state index contributed by atoms with van der Waals surface area (Å²) in [6, 6.07) is 8.73. The minimum absolute atomic E-state index is 0.653. The van der Waals surface area contributed by atoms with Gasteiger partial charge in [0.2, 0.25) is 0 Å². The Morgan fingerprint density at radius 3 is 2.61 bits per heavy atom. The lowest BCUT2D eigenvalue weighted by Gasteiger charge is -2.08. The molecular weight excluding hydrogens is 222 g/mol. The first kappa shape index (κ1) is 12.8. The molecule has 0 atom stereocenters. The van der Waals surface area contributed by atoms with Gasteiger partial charge in [0.15, 0.2) is 0 Å². The van der Waals surface area contributed by atoms with Gasteiger partial charge in [0.05, 0.1) is 6.33 Å². The summed E-state index contributed by atoms with van der Waals surface area (Å²) < 4.78 is 2.11. The zero-order chi connectivity index (χ0) is 12.8. The lowest BCUT2D eigenvalue weighted by molar-refractivity contribution is 0.794. The van der Waals surface area contributed by atoms with Gasteiger partial charge in [-0.25, -0.2) is 4.98 Å².